The van der Waals surface area contributed by atoms with E-state index in [2.05, 4.69) is 60.7 Å². The normalized spacial score (nSPS) is 16.8. The molecule has 2 heterocycles. The Kier molecular flexibility index (Phi) is 7.97. The highest BCUT2D eigenvalue weighted by atomic mass is 16.5. The van der Waals surface area contributed by atoms with E-state index in [0.29, 0.717) is 25.5 Å². The van der Waals surface area contributed by atoms with Gasteiger partial charge in [0.05, 0.1) is 24.3 Å². The summed E-state index contributed by atoms with van der Waals surface area (Å²) in [4.78, 5) is 13.8. The molecule has 7 rings (SSSR count). The zero-order valence-electron chi connectivity index (χ0n) is 24.8. The molecule has 2 unspecified atom stereocenters. The van der Waals surface area contributed by atoms with Crippen LogP contribution in [0.4, 0.5) is 0 Å². The molecular weight excluding hydrogens is 546 g/mol. The SMILES string of the molecule is COC1CCOC(c2cccc(COc3ccc4c(-c5ccccc5)cc(=O)n(Cc5cccc6ccccc56)c4c3)c2)C1. The van der Waals surface area contributed by atoms with Gasteiger partial charge >= 0.3 is 0 Å². The van der Waals surface area contributed by atoms with E-state index >= 15 is 0 Å². The van der Waals surface area contributed by atoms with Crippen LogP contribution in [-0.4, -0.2) is 24.4 Å². The molecule has 1 fully saturated rings. The van der Waals surface area contributed by atoms with E-state index in [9.17, 15) is 4.79 Å². The minimum absolute atomic E-state index is 0.0224. The fourth-order valence-electron chi connectivity index (χ4n) is 6.33. The van der Waals surface area contributed by atoms with E-state index < -0.39 is 0 Å². The summed E-state index contributed by atoms with van der Waals surface area (Å²) in [6.07, 6.45) is 2.02. The number of ether oxygens (including phenoxy) is 3. The van der Waals surface area contributed by atoms with Gasteiger partial charge in [-0.2, -0.15) is 0 Å². The van der Waals surface area contributed by atoms with Crippen molar-refractivity contribution < 1.29 is 14.2 Å². The first-order valence-electron chi connectivity index (χ1n) is 15.2. The highest BCUT2D eigenvalue weighted by Crippen LogP contribution is 2.32. The second kappa shape index (κ2) is 12.5. The third-order valence-electron chi connectivity index (χ3n) is 8.67. The number of hydrogen-bond acceptors (Lipinski definition) is 4. The maximum atomic E-state index is 13.8. The number of fused-ring (bicyclic) bond motifs is 2. The van der Waals surface area contributed by atoms with Crippen LogP contribution in [0.5, 0.6) is 5.75 Å². The number of nitrogens with zero attached hydrogens (tertiary/aromatic N) is 1. The van der Waals surface area contributed by atoms with Crippen LogP contribution in [0, 0.1) is 0 Å². The molecule has 5 aromatic carbocycles. The van der Waals surface area contributed by atoms with Gasteiger partial charge in [-0.05, 0) is 63.2 Å². The molecule has 0 bridgehead atoms. The van der Waals surface area contributed by atoms with Gasteiger partial charge in [0.1, 0.15) is 12.4 Å². The van der Waals surface area contributed by atoms with E-state index in [4.69, 9.17) is 14.2 Å². The summed E-state index contributed by atoms with van der Waals surface area (Å²) in [5.74, 6) is 0.715. The summed E-state index contributed by atoms with van der Waals surface area (Å²) < 4.78 is 19.9. The fraction of sp³-hybridized carbons (Fsp3) is 0.205. The lowest BCUT2D eigenvalue weighted by Crippen LogP contribution is -2.25. The quantitative estimate of drug-likeness (QED) is 0.181. The predicted molar refractivity (Wildman–Crippen MR) is 176 cm³/mol. The summed E-state index contributed by atoms with van der Waals surface area (Å²) in [5, 5.41) is 3.31. The number of pyridine rings is 1. The van der Waals surface area contributed by atoms with Crippen LogP contribution in [0.2, 0.25) is 0 Å². The lowest BCUT2D eigenvalue weighted by atomic mass is 9.98. The van der Waals surface area contributed by atoms with Crippen LogP contribution in [0.25, 0.3) is 32.8 Å². The molecule has 44 heavy (non-hydrogen) atoms. The van der Waals surface area contributed by atoms with Crippen LogP contribution in [0.3, 0.4) is 0 Å². The number of benzene rings is 5. The largest absolute Gasteiger partial charge is 0.489 e. The van der Waals surface area contributed by atoms with Gasteiger partial charge in [-0.15, -0.1) is 0 Å². The van der Waals surface area contributed by atoms with Gasteiger partial charge in [0, 0.05) is 37.7 Å². The van der Waals surface area contributed by atoms with Gasteiger partial charge in [0.15, 0.2) is 0 Å². The minimum atomic E-state index is -0.0454. The molecule has 1 aliphatic rings. The van der Waals surface area contributed by atoms with Crippen molar-refractivity contribution in [2.24, 2.45) is 0 Å². The van der Waals surface area contributed by atoms with Crippen molar-refractivity contribution in [3.8, 4) is 16.9 Å². The van der Waals surface area contributed by atoms with E-state index in [1.807, 2.05) is 59.2 Å². The van der Waals surface area contributed by atoms with Crippen molar-refractivity contribution in [3.63, 3.8) is 0 Å². The number of aromatic nitrogens is 1. The molecule has 0 spiro atoms. The molecule has 0 amide bonds. The van der Waals surface area contributed by atoms with Gasteiger partial charge in [-0.3, -0.25) is 4.79 Å². The molecule has 220 valence electrons. The number of hydrogen-bond donors (Lipinski definition) is 0. The summed E-state index contributed by atoms with van der Waals surface area (Å²) >= 11 is 0. The first-order chi connectivity index (χ1) is 21.7. The Labute approximate surface area is 257 Å². The topological polar surface area (TPSA) is 49.7 Å². The lowest BCUT2D eigenvalue weighted by Gasteiger charge is -2.29. The molecule has 1 aromatic heterocycles. The Bertz CT molecular complexity index is 1980. The van der Waals surface area contributed by atoms with E-state index in [1.165, 1.54) is 0 Å². The van der Waals surface area contributed by atoms with Crippen LogP contribution >= 0.6 is 0 Å². The van der Waals surface area contributed by atoms with E-state index in [-0.39, 0.29) is 17.8 Å². The van der Waals surface area contributed by atoms with Gasteiger partial charge < -0.3 is 18.8 Å². The van der Waals surface area contributed by atoms with Crippen molar-refractivity contribution in [2.75, 3.05) is 13.7 Å². The molecule has 1 aliphatic heterocycles. The van der Waals surface area contributed by atoms with Crippen molar-refractivity contribution in [2.45, 2.75) is 38.2 Å². The van der Waals surface area contributed by atoms with Gasteiger partial charge in [-0.1, -0.05) is 91.0 Å². The second-order valence-electron chi connectivity index (χ2n) is 11.4. The van der Waals surface area contributed by atoms with Gasteiger partial charge in [0.2, 0.25) is 0 Å². The van der Waals surface area contributed by atoms with Crippen molar-refractivity contribution in [1.29, 1.82) is 0 Å². The zero-order valence-corrected chi connectivity index (χ0v) is 24.8. The molecule has 6 aromatic rings. The molecule has 0 saturated carbocycles. The van der Waals surface area contributed by atoms with Gasteiger partial charge in [0.25, 0.3) is 5.56 Å². The van der Waals surface area contributed by atoms with Crippen LogP contribution in [0.1, 0.15) is 35.6 Å². The first-order valence-corrected chi connectivity index (χ1v) is 15.2. The summed E-state index contributed by atoms with van der Waals surface area (Å²) in [5.41, 5.74) is 6.04. The first kappa shape index (κ1) is 28.1. The summed E-state index contributed by atoms with van der Waals surface area (Å²) in [6.45, 7) is 1.57. The summed E-state index contributed by atoms with van der Waals surface area (Å²) in [6, 6.07) is 40.9. The van der Waals surface area contributed by atoms with Crippen molar-refractivity contribution in [1.82, 2.24) is 4.57 Å². The fourth-order valence-corrected chi connectivity index (χ4v) is 6.33. The predicted octanol–water partition coefficient (Wildman–Crippen LogP) is 8.32. The third kappa shape index (κ3) is 5.77. The molecular formula is C39H35NO4. The molecule has 1 saturated heterocycles. The van der Waals surface area contributed by atoms with Crippen LogP contribution in [-0.2, 0) is 22.6 Å². The smallest absolute Gasteiger partial charge is 0.251 e. The average molecular weight is 582 g/mol. The van der Waals surface area contributed by atoms with Gasteiger partial charge in [-0.25, -0.2) is 0 Å². The van der Waals surface area contributed by atoms with Crippen molar-refractivity contribution in [3.05, 3.63) is 148 Å². The van der Waals surface area contributed by atoms with E-state index in [0.717, 1.165) is 62.3 Å². The van der Waals surface area contributed by atoms with E-state index in [1.54, 1.807) is 13.2 Å². The maximum Gasteiger partial charge on any atom is 0.251 e. The number of methoxy groups -OCH3 is 1. The Hall–Kier alpha value is -4.71. The molecule has 2 atom stereocenters. The Morgan fingerprint density at radius 3 is 2.52 bits per heavy atom. The van der Waals surface area contributed by atoms with Crippen LogP contribution in [0.15, 0.2) is 126 Å². The average Bonchev–Trinajstić information content (AvgIpc) is 3.09. The van der Waals surface area contributed by atoms with Crippen LogP contribution < -0.4 is 10.3 Å². The molecule has 5 nitrogen and oxygen atoms in total. The maximum absolute atomic E-state index is 13.8. The molecule has 0 aliphatic carbocycles. The second-order valence-corrected chi connectivity index (χ2v) is 11.4. The monoisotopic (exact) mass is 581 g/mol. The highest BCUT2D eigenvalue weighted by molar-refractivity contribution is 5.95. The molecule has 0 N–H and O–H groups in total. The molecule has 0 radical (unpaired) electrons. The standard InChI is InChI=1S/C39H35NO4/c1-42-32-19-20-43-38(23-32)30-14-7-9-27(21-30)26-44-33-17-18-35-36(29-10-3-2-4-11-29)24-39(41)40(37(35)22-33)25-31-15-8-13-28-12-5-6-16-34(28)31/h2-18,21-22,24,32,38H,19-20,23,25-26H2,1H3. The summed E-state index contributed by atoms with van der Waals surface area (Å²) in [7, 11) is 1.77. The minimum Gasteiger partial charge on any atom is -0.489 e. The van der Waals surface area contributed by atoms with Crippen molar-refractivity contribution >= 4 is 21.7 Å². The Balaban J connectivity index is 1.24. The zero-order chi connectivity index (χ0) is 29.9. The Morgan fingerprint density at radius 1 is 0.818 bits per heavy atom. The third-order valence-corrected chi connectivity index (χ3v) is 8.67. The highest BCUT2D eigenvalue weighted by Gasteiger charge is 2.24. The Morgan fingerprint density at radius 2 is 1.64 bits per heavy atom. The number of rotatable bonds is 8. The lowest BCUT2D eigenvalue weighted by molar-refractivity contribution is -0.0599. The molecule has 5 heteroatoms.